The van der Waals surface area contributed by atoms with E-state index in [1.54, 1.807) is 19.1 Å². The van der Waals surface area contributed by atoms with Crippen molar-refractivity contribution in [1.29, 1.82) is 0 Å². The number of hydrogen-bond acceptors (Lipinski definition) is 7. The Labute approximate surface area is 133 Å². The Bertz CT molecular complexity index is 578. The van der Waals surface area contributed by atoms with Gasteiger partial charge in [-0.25, -0.2) is 9.59 Å². The summed E-state index contributed by atoms with van der Waals surface area (Å²) in [5, 5.41) is 9.45. The Morgan fingerprint density at radius 1 is 1.09 bits per heavy atom. The van der Waals surface area contributed by atoms with E-state index in [4.69, 9.17) is 9.47 Å². The highest BCUT2D eigenvalue weighted by Crippen LogP contribution is 2.24. The third-order valence-corrected chi connectivity index (χ3v) is 2.50. The molecule has 0 amide bonds. The van der Waals surface area contributed by atoms with Gasteiger partial charge in [0.05, 0.1) is 13.2 Å². The summed E-state index contributed by atoms with van der Waals surface area (Å²) in [4.78, 5) is 33.8. The standard InChI is InChI=1S/C16H18O7/c1-2-21-14(18)9-10-15(19)22-11-5-8-16(20)23-13-7-4-3-6-12(13)17/h3-4,6-7,9-10,17H,2,5,8,11H2,1H3/b10-9+. The second-order valence-electron chi connectivity index (χ2n) is 4.30. The topological polar surface area (TPSA) is 99.1 Å². The zero-order valence-electron chi connectivity index (χ0n) is 12.7. The van der Waals surface area contributed by atoms with Crippen molar-refractivity contribution in [2.45, 2.75) is 19.8 Å². The number of carbonyl (C=O) groups excluding carboxylic acids is 3. The number of carbonyl (C=O) groups is 3. The van der Waals surface area contributed by atoms with Gasteiger partial charge in [-0.1, -0.05) is 12.1 Å². The van der Waals surface area contributed by atoms with Crippen molar-refractivity contribution in [3.63, 3.8) is 0 Å². The number of phenolic OH excluding ortho intramolecular Hbond substituents is 1. The van der Waals surface area contributed by atoms with Gasteiger partial charge in [0.25, 0.3) is 0 Å². The molecule has 0 fully saturated rings. The maximum Gasteiger partial charge on any atom is 0.331 e. The molecule has 0 bridgehead atoms. The Kier molecular flexibility index (Phi) is 7.91. The minimum atomic E-state index is -0.702. The van der Waals surface area contributed by atoms with Crippen LogP contribution in [0, 0.1) is 0 Å². The molecule has 1 N–H and O–H groups in total. The first kappa shape index (κ1) is 18.2. The van der Waals surface area contributed by atoms with Gasteiger partial charge in [-0.2, -0.15) is 0 Å². The molecular formula is C16H18O7. The Morgan fingerprint density at radius 2 is 1.74 bits per heavy atom. The Balaban J connectivity index is 2.22. The van der Waals surface area contributed by atoms with Crippen LogP contribution in [-0.2, 0) is 23.9 Å². The number of esters is 3. The second kappa shape index (κ2) is 9.99. The van der Waals surface area contributed by atoms with Crippen LogP contribution in [0.4, 0.5) is 0 Å². The number of phenols is 1. The summed E-state index contributed by atoms with van der Waals surface area (Å²) in [7, 11) is 0. The SMILES string of the molecule is CCOC(=O)/C=C/C(=O)OCCCC(=O)Oc1ccccc1O. The zero-order valence-corrected chi connectivity index (χ0v) is 12.7. The van der Waals surface area contributed by atoms with Crippen LogP contribution in [-0.4, -0.2) is 36.2 Å². The Morgan fingerprint density at radius 3 is 2.39 bits per heavy atom. The van der Waals surface area contributed by atoms with Crippen LogP contribution in [0.2, 0.25) is 0 Å². The quantitative estimate of drug-likeness (QED) is 0.337. The summed E-state index contributed by atoms with van der Waals surface area (Å²) in [6, 6.07) is 6.10. The van der Waals surface area contributed by atoms with Crippen molar-refractivity contribution in [2.24, 2.45) is 0 Å². The molecule has 1 rings (SSSR count). The van der Waals surface area contributed by atoms with Crippen molar-refractivity contribution in [3.05, 3.63) is 36.4 Å². The fourth-order valence-corrected chi connectivity index (χ4v) is 1.48. The van der Waals surface area contributed by atoms with Crippen molar-refractivity contribution in [3.8, 4) is 11.5 Å². The van der Waals surface area contributed by atoms with Gasteiger partial charge in [0.2, 0.25) is 0 Å². The molecular weight excluding hydrogens is 304 g/mol. The van der Waals surface area contributed by atoms with Gasteiger partial charge < -0.3 is 19.3 Å². The molecule has 124 valence electrons. The third kappa shape index (κ3) is 7.66. The molecule has 23 heavy (non-hydrogen) atoms. The first-order chi connectivity index (χ1) is 11.0. The third-order valence-electron chi connectivity index (χ3n) is 2.50. The maximum atomic E-state index is 11.5. The molecule has 0 aliphatic heterocycles. The first-order valence-corrected chi connectivity index (χ1v) is 7.03. The predicted octanol–water partition coefficient (Wildman–Crippen LogP) is 1.74. The number of aromatic hydroxyl groups is 1. The molecule has 7 nitrogen and oxygen atoms in total. The van der Waals surface area contributed by atoms with Crippen molar-refractivity contribution in [2.75, 3.05) is 13.2 Å². The largest absolute Gasteiger partial charge is 0.504 e. The minimum Gasteiger partial charge on any atom is -0.504 e. The number of benzene rings is 1. The Hall–Kier alpha value is -2.83. The molecule has 0 aromatic heterocycles. The van der Waals surface area contributed by atoms with E-state index in [9.17, 15) is 19.5 Å². The minimum absolute atomic E-state index is 0.00186. The zero-order chi connectivity index (χ0) is 17.1. The average Bonchev–Trinajstić information content (AvgIpc) is 2.52. The monoisotopic (exact) mass is 322 g/mol. The van der Waals surface area contributed by atoms with Crippen molar-refractivity contribution in [1.82, 2.24) is 0 Å². The van der Waals surface area contributed by atoms with Crippen LogP contribution in [0.5, 0.6) is 11.5 Å². The van der Waals surface area contributed by atoms with Gasteiger partial charge >= 0.3 is 17.9 Å². The van der Waals surface area contributed by atoms with E-state index in [0.29, 0.717) is 0 Å². The lowest BCUT2D eigenvalue weighted by molar-refractivity contribution is -0.141. The maximum absolute atomic E-state index is 11.5. The molecule has 0 spiro atoms. The predicted molar refractivity (Wildman–Crippen MR) is 79.7 cm³/mol. The fraction of sp³-hybridized carbons (Fsp3) is 0.312. The van der Waals surface area contributed by atoms with E-state index < -0.39 is 17.9 Å². The summed E-state index contributed by atoms with van der Waals surface area (Å²) in [5.41, 5.74) is 0. The van der Waals surface area contributed by atoms with E-state index in [2.05, 4.69) is 4.74 Å². The van der Waals surface area contributed by atoms with Crippen LogP contribution >= 0.6 is 0 Å². The lowest BCUT2D eigenvalue weighted by Crippen LogP contribution is -2.10. The number of hydrogen-bond donors (Lipinski definition) is 1. The summed E-state index contributed by atoms with van der Waals surface area (Å²) < 4.78 is 14.4. The van der Waals surface area contributed by atoms with Crippen LogP contribution in [0.3, 0.4) is 0 Å². The molecule has 0 aliphatic carbocycles. The molecule has 0 saturated carbocycles. The van der Waals surface area contributed by atoms with Gasteiger partial charge in [-0.15, -0.1) is 0 Å². The molecule has 1 aromatic carbocycles. The molecule has 0 heterocycles. The fourth-order valence-electron chi connectivity index (χ4n) is 1.48. The molecule has 0 atom stereocenters. The van der Waals surface area contributed by atoms with Gasteiger partial charge in [-0.3, -0.25) is 4.79 Å². The highest BCUT2D eigenvalue weighted by molar-refractivity contribution is 5.91. The van der Waals surface area contributed by atoms with E-state index in [1.165, 1.54) is 12.1 Å². The summed E-state index contributed by atoms with van der Waals surface area (Å²) in [6.07, 6.45) is 2.20. The lowest BCUT2D eigenvalue weighted by atomic mass is 10.3. The highest BCUT2D eigenvalue weighted by atomic mass is 16.5. The van der Waals surface area contributed by atoms with Crippen LogP contribution < -0.4 is 4.74 Å². The van der Waals surface area contributed by atoms with Crippen LogP contribution in [0.15, 0.2) is 36.4 Å². The van der Waals surface area contributed by atoms with E-state index in [1.807, 2.05) is 0 Å². The van der Waals surface area contributed by atoms with E-state index in [-0.39, 0.29) is 37.6 Å². The molecule has 0 saturated heterocycles. The lowest BCUT2D eigenvalue weighted by Gasteiger charge is -2.06. The van der Waals surface area contributed by atoms with Crippen molar-refractivity contribution >= 4 is 17.9 Å². The number of ether oxygens (including phenoxy) is 3. The molecule has 0 aliphatic rings. The van der Waals surface area contributed by atoms with Crippen LogP contribution in [0.1, 0.15) is 19.8 Å². The number of para-hydroxylation sites is 2. The van der Waals surface area contributed by atoms with Crippen LogP contribution in [0.25, 0.3) is 0 Å². The summed E-state index contributed by atoms with van der Waals surface area (Å²) in [5.74, 6) is -1.93. The molecule has 0 unspecified atom stereocenters. The van der Waals surface area contributed by atoms with E-state index in [0.717, 1.165) is 12.2 Å². The smallest absolute Gasteiger partial charge is 0.331 e. The van der Waals surface area contributed by atoms with Gasteiger partial charge in [0, 0.05) is 18.6 Å². The molecule has 1 aromatic rings. The van der Waals surface area contributed by atoms with Gasteiger partial charge in [0.15, 0.2) is 11.5 Å². The average molecular weight is 322 g/mol. The van der Waals surface area contributed by atoms with E-state index >= 15 is 0 Å². The number of rotatable bonds is 8. The summed E-state index contributed by atoms with van der Waals surface area (Å²) >= 11 is 0. The van der Waals surface area contributed by atoms with Gasteiger partial charge in [-0.05, 0) is 25.5 Å². The van der Waals surface area contributed by atoms with Gasteiger partial charge in [0.1, 0.15) is 0 Å². The van der Waals surface area contributed by atoms with Crippen molar-refractivity contribution < 1.29 is 33.7 Å². The first-order valence-electron chi connectivity index (χ1n) is 7.03. The molecule has 0 radical (unpaired) electrons. The normalized spacial score (nSPS) is 10.3. The highest BCUT2D eigenvalue weighted by Gasteiger charge is 2.08. The molecule has 7 heteroatoms. The second-order valence-corrected chi connectivity index (χ2v) is 4.30. The summed E-state index contributed by atoms with van der Waals surface area (Å²) in [6.45, 7) is 1.87.